The van der Waals surface area contributed by atoms with Gasteiger partial charge in [-0.1, -0.05) is 6.92 Å². The van der Waals surface area contributed by atoms with Gasteiger partial charge >= 0.3 is 0 Å². The third-order valence-electron chi connectivity index (χ3n) is 3.50. The number of rotatable bonds is 4. The second kappa shape index (κ2) is 5.65. The maximum absolute atomic E-state index is 4.39. The Bertz CT molecular complexity index is 347. The monoisotopic (exact) mass is 236 g/mol. The minimum Gasteiger partial charge on any atom is -0.311 e. The highest BCUT2D eigenvalue weighted by atomic mass is 15.3. The van der Waals surface area contributed by atoms with Gasteiger partial charge in [-0.2, -0.15) is 5.10 Å². The molecule has 4 heteroatoms. The van der Waals surface area contributed by atoms with Crippen LogP contribution in [-0.4, -0.2) is 39.9 Å². The van der Waals surface area contributed by atoms with Crippen LogP contribution in [0.5, 0.6) is 0 Å². The standard InChI is InChI=1S/C13H24N4/c1-4-7-17-13(5-6-15-17)10-16-9-11(2)14-8-12(16)3/h5-6,11-12,14H,4,7-10H2,1-3H3. The van der Waals surface area contributed by atoms with Crippen LogP contribution in [0.25, 0.3) is 0 Å². The fourth-order valence-corrected chi connectivity index (χ4v) is 2.43. The van der Waals surface area contributed by atoms with Gasteiger partial charge in [0.2, 0.25) is 0 Å². The van der Waals surface area contributed by atoms with Gasteiger partial charge in [0, 0.05) is 44.5 Å². The molecule has 0 radical (unpaired) electrons. The summed E-state index contributed by atoms with van der Waals surface area (Å²) in [7, 11) is 0. The fraction of sp³-hybridized carbons (Fsp3) is 0.769. The number of hydrogen-bond donors (Lipinski definition) is 1. The zero-order valence-electron chi connectivity index (χ0n) is 11.2. The van der Waals surface area contributed by atoms with Crippen LogP contribution in [-0.2, 0) is 13.1 Å². The molecular weight excluding hydrogens is 212 g/mol. The Morgan fingerprint density at radius 3 is 3.06 bits per heavy atom. The van der Waals surface area contributed by atoms with E-state index in [2.05, 4.69) is 46.8 Å². The van der Waals surface area contributed by atoms with Crippen molar-refractivity contribution in [1.29, 1.82) is 0 Å². The fourth-order valence-electron chi connectivity index (χ4n) is 2.43. The summed E-state index contributed by atoms with van der Waals surface area (Å²) >= 11 is 0. The first-order valence-corrected chi connectivity index (χ1v) is 6.68. The van der Waals surface area contributed by atoms with Crippen molar-refractivity contribution in [2.24, 2.45) is 0 Å². The second-order valence-electron chi connectivity index (χ2n) is 5.13. The van der Waals surface area contributed by atoms with E-state index in [1.807, 2.05) is 6.20 Å². The van der Waals surface area contributed by atoms with E-state index in [0.29, 0.717) is 12.1 Å². The van der Waals surface area contributed by atoms with Gasteiger partial charge in [0.05, 0.1) is 5.69 Å². The first kappa shape index (κ1) is 12.6. The van der Waals surface area contributed by atoms with Crippen molar-refractivity contribution in [3.63, 3.8) is 0 Å². The van der Waals surface area contributed by atoms with Gasteiger partial charge < -0.3 is 5.32 Å². The maximum atomic E-state index is 4.39. The molecule has 0 aromatic carbocycles. The Morgan fingerprint density at radius 2 is 2.29 bits per heavy atom. The maximum Gasteiger partial charge on any atom is 0.0524 e. The molecule has 0 spiro atoms. The van der Waals surface area contributed by atoms with Crippen LogP contribution in [0.15, 0.2) is 12.3 Å². The van der Waals surface area contributed by atoms with Crippen LogP contribution in [0.1, 0.15) is 32.9 Å². The molecule has 1 fully saturated rings. The summed E-state index contributed by atoms with van der Waals surface area (Å²) in [5.41, 5.74) is 1.34. The summed E-state index contributed by atoms with van der Waals surface area (Å²) in [6, 6.07) is 3.35. The molecule has 1 N–H and O–H groups in total. The highest BCUT2D eigenvalue weighted by Crippen LogP contribution is 2.12. The largest absolute Gasteiger partial charge is 0.311 e. The molecular formula is C13H24N4. The lowest BCUT2D eigenvalue weighted by molar-refractivity contribution is 0.135. The van der Waals surface area contributed by atoms with Gasteiger partial charge in [-0.3, -0.25) is 9.58 Å². The number of hydrogen-bond acceptors (Lipinski definition) is 3. The quantitative estimate of drug-likeness (QED) is 0.859. The van der Waals surface area contributed by atoms with Crippen LogP contribution in [0.4, 0.5) is 0 Å². The second-order valence-corrected chi connectivity index (χ2v) is 5.13. The smallest absolute Gasteiger partial charge is 0.0524 e. The van der Waals surface area contributed by atoms with Gasteiger partial charge in [0.15, 0.2) is 0 Å². The van der Waals surface area contributed by atoms with E-state index in [-0.39, 0.29) is 0 Å². The minimum absolute atomic E-state index is 0.591. The number of aromatic nitrogens is 2. The Kier molecular flexibility index (Phi) is 4.18. The molecule has 0 bridgehead atoms. The van der Waals surface area contributed by atoms with E-state index in [4.69, 9.17) is 0 Å². The van der Waals surface area contributed by atoms with Gasteiger partial charge in [-0.15, -0.1) is 0 Å². The van der Waals surface area contributed by atoms with Crippen LogP contribution >= 0.6 is 0 Å². The summed E-state index contributed by atoms with van der Waals surface area (Å²) < 4.78 is 2.14. The molecule has 2 unspecified atom stereocenters. The van der Waals surface area contributed by atoms with Crippen molar-refractivity contribution in [1.82, 2.24) is 20.0 Å². The Balaban J connectivity index is 2.01. The van der Waals surface area contributed by atoms with Crippen molar-refractivity contribution in [2.75, 3.05) is 13.1 Å². The van der Waals surface area contributed by atoms with Crippen LogP contribution < -0.4 is 5.32 Å². The topological polar surface area (TPSA) is 33.1 Å². The number of nitrogens with zero attached hydrogens (tertiary/aromatic N) is 3. The Labute approximate surface area is 104 Å². The molecule has 0 saturated carbocycles. The summed E-state index contributed by atoms with van der Waals surface area (Å²) in [6.07, 6.45) is 3.06. The molecule has 1 saturated heterocycles. The molecule has 1 aromatic rings. The van der Waals surface area contributed by atoms with Crippen molar-refractivity contribution in [2.45, 2.75) is 52.4 Å². The Morgan fingerprint density at radius 1 is 1.47 bits per heavy atom. The molecule has 2 atom stereocenters. The van der Waals surface area contributed by atoms with Crippen molar-refractivity contribution in [3.05, 3.63) is 18.0 Å². The first-order valence-electron chi connectivity index (χ1n) is 6.68. The lowest BCUT2D eigenvalue weighted by atomic mass is 10.1. The normalized spacial score (nSPS) is 26.3. The molecule has 1 aliphatic heterocycles. The summed E-state index contributed by atoms with van der Waals surface area (Å²) in [5, 5.41) is 7.91. The van der Waals surface area contributed by atoms with Crippen LogP contribution in [0.3, 0.4) is 0 Å². The number of aryl methyl sites for hydroxylation is 1. The molecule has 1 aromatic heterocycles. The molecule has 0 amide bonds. The summed E-state index contributed by atoms with van der Waals surface area (Å²) in [6.45, 7) is 11.0. The predicted octanol–water partition coefficient (Wildman–Crippen LogP) is 1.48. The van der Waals surface area contributed by atoms with Gasteiger partial charge in [0.1, 0.15) is 0 Å². The average Bonchev–Trinajstić information content (AvgIpc) is 2.72. The lowest BCUT2D eigenvalue weighted by Gasteiger charge is -2.37. The van der Waals surface area contributed by atoms with Gasteiger partial charge in [-0.05, 0) is 26.3 Å². The van der Waals surface area contributed by atoms with E-state index in [1.165, 1.54) is 5.69 Å². The van der Waals surface area contributed by atoms with Crippen molar-refractivity contribution >= 4 is 0 Å². The van der Waals surface area contributed by atoms with Crippen LogP contribution in [0, 0.1) is 0 Å². The predicted molar refractivity (Wildman–Crippen MR) is 69.9 cm³/mol. The third-order valence-corrected chi connectivity index (χ3v) is 3.50. The minimum atomic E-state index is 0.591. The molecule has 96 valence electrons. The van der Waals surface area contributed by atoms with E-state index in [0.717, 1.165) is 32.6 Å². The molecule has 17 heavy (non-hydrogen) atoms. The highest BCUT2D eigenvalue weighted by molar-refractivity contribution is 5.01. The Hall–Kier alpha value is -0.870. The lowest BCUT2D eigenvalue weighted by Crippen LogP contribution is -2.53. The van der Waals surface area contributed by atoms with Crippen molar-refractivity contribution in [3.8, 4) is 0 Å². The van der Waals surface area contributed by atoms with E-state index in [1.54, 1.807) is 0 Å². The van der Waals surface area contributed by atoms with E-state index < -0.39 is 0 Å². The average molecular weight is 236 g/mol. The van der Waals surface area contributed by atoms with Gasteiger partial charge in [-0.25, -0.2) is 0 Å². The first-order chi connectivity index (χ1) is 8.20. The van der Waals surface area contributed by atoms with E-state index in [9.17, 15) is 0 Å². The summed E-state index contributed by atoms with van der Waals surface area (Å²) in [5.74, 6) is 0. The van der Waals surface area contributed by atoms with E-state index >= 15 is 0 Å². The zero-order valence-corrected chi connectivity index (χ0v) is 11.2. The molecule has 4 nitrogen and oxygen atoms in total. The molecule has 1 aliphatic rings. The molecule has 0 aliphatic carbocycles. The third kappa shape index (κ3) is 3.07. The van der Waals surface area contributed by atoms with Crippen molar-refractivity contribution < 1.29 is 0 Å². The highest BCUT2D eigenvalue weighted by Gasteiger charge is 2.23. The molecule has 2 rings (SSSR count). The number of piperazine rings is 1. The van der Waals surface area contributed by atoms with Crippen LogP contribution in [0.2, 0.25) is 0 Å². The van der Waals surface area contributed by atoms with Gasteiger partial charge in [0.25, 0.3) is 0 Å². The number of nitrogens with one attached hydrogen (secondary N) is 1. The zero-order chi connectivity index (χ0) is 12.3. The SMILES string of the molecule is CCCn1nccc1CN1CC(C)NCC1C. The summed E-state index contributed by atoms with van der Waals surface area (Å²) in [4.78, 5) is 2.55. The molecule has 2 heterocycles.